The predicted molar refractivity (Wildman–Crippen MR) is 66.6 cm³/mol. The van der Waals surface area contributed by atoms with Crippen LogP contribution in [-0.2, 0) is 9.53 Å². The smallest absolute Gasteiger partial charge is 0.240 e. The molecule has 4 atom stereocenters. The highest BCUT2D eigenvalue weighted by Gasteiger charge is 2.40. The van der Waals surface area contributed by atoms with Crippen molar-refractivity contribution in [1.82, 2.24) is 10.2 Å². The van der Waals surface area contributed by atoms with Gasteiger partial charge in [0, 0.05) is 12.6 Å². The van der Waals surface area contributed by atoms with Crippen LogP contribution >= 0.6 is 0 Å². The first-order chi connectivity index (χ1) is 8.13. The quantitative estimate of drug-likeness (QED) is 0.813. The second kappa shape index (κ2) is 5.36. The summed E-state index contributed by atoms with van der Waals surface area (Å²) in [5, 5.41) is 3.40. The van der Waals surface area contributed by atoms with Crippen LogP contribution in [0.3, 0.4) is 0 Å². The van der Waals surface area contributed by atoms with Crippen molar-refractivity contribution in [3.63, 3.8) is 0 Å². The lowest BCUT2D eigenvalue weighted by atomic mass is 10.0. The molecule has 98 valence electrons. The second-order valence-corrected chi connectivity index (χ2v) is 5.30. The van der Waals surface area contributed by atoms with E-state index in [1.165, 1.54) is 0 Å². The third-order valence-electron chi connectivity index (χ3n) is 3.82. The largest absolute Gasteiger partial charge is 0.378 e. The Morgan fingerprint density at radius 3 is 2.88 bits per heavy atom. The number of hydrogen-bond acceptors (Lipinski definition) is 3. The fourth-order valence-corrected chi connectivity index (χ4v) is 2.97. The Bertz CT molecular complexity index is 283. The maximum Gasteiger partial charge on any atom is 0.240 e. The molecule has 4 nitrogen and oxygen atoms in total. The zero-order chi connectivity index (χ0) is 12.4. The lowest BCUT2D eigenvalue weighted by Crippen LogP contribution is -2.48. The number of ether oxygens (including phenoxy) is 1. The number of nitrogens with zero attached hydrogens (tertiary/aromatic N) is 1. The van der Waals surface area contributed by atoms with E-state index in [0.29, 0.717) is 6.04 Å². The van der Waals surface area contributed by atoms with E-state index in [0.717, 1.165) is 32.3 Å². The molecule has 2 heterocycles. The molecule has 17 heavy (non-hydrogen) atoms. The van der Waals surface area contributed by atoms with Gasteiger partial charge >= 0.3 is 0 Å². The van der Waals surface area contributed by atoms with Crippen LogP contribution in [0.15, 0.2) is 0 Å². The SMILES string of the molecule is CCCC1NC(C)C(=O)N1C1CCOC(C)C1. The van der Waals surface area contributed by atoms with Gasteiger partial charge < -0.3 is 9.64 Å². The van der Waals surface area contributed by atoms with E-state index in [2.05, 4.69) is 24.1 Å². The molecule has 1 N–H and O–H groups in total. The van der Waals surface area contributed by atoms with Crippen LogP contribution in [0.5, 0.6) is 0 Å². The van der Waals surface area contributed by atoms with Gasteiger partial charge in [-0.2, -0.15) is 0 Å². The number of carbonyl (C=O) groups is 1. The summed E-state index contributed by atoms with van der Waals surface area (Å²) in [6.45, 7) is 7.01. The molecule has 2 fully saturated rings. The van der Waals surface area contributed by atoms with E-state index in [1.807, 2.05) is 6.92 Å². The maximum absolute atomic E-state index is 12.2. The Morgan fingerprint density at radius 2 is 2.24 bits per heavy atom. The van der Waals surface area contributed by atoms with Gasteiger partial charge in [0.25, 0.3) is 0 Å². The van der Waals surface area contributed by atoms with E-state index < -0.39 is 0 Å². The molecule has 0 saturated carbocycles. The first kappa shape index (κ1) is 12.8. The van der Waals surface area contributed by atoms with Gasteiger partial charge in [0.05, 0.1) is 18.3 Å². The molecule has 2 rings (SSSR count). The zero-order valence-electron chi connectivity index (χ0n) is 11.1. The fraction of sp³-hybridized carbons (Fsp3) is 0.923. The van der Waals surface area contributed by atoms with Gasteiger partial charge in [-0.1, -0.05) is 13.3 Å². The molecule has 1 amide bonds. The summed E-state index contributed by atoms with van der Waals surface area (Å²) in [7, 11) is 0. The van der Waals surface area contributed by atoms with Crippen molar-refractivity contribution in [2.75, 3.05) is 6.61 Å². The normalized spacial score (nSPS) is 38.8. The van der Waals surface area contributed by atoms with Gasteiger partial charge in [-0.3, -0.25) is 10.1 Å². The highest BCUT2D eigenvalue weighted by molar-refractivity contribution is 5.84. The van der Waals surface area contributed by atoms with E-state index >= 15 is 0 Å². The predicted octanol–water partition coefficient (Wildman–Crippen LogP) is 1.50. The van der Waals surface area contributed by atoms with Crippen LogP contribution < -0.4 is 5.32 Å². The third-order valence-corrected chi connectivity index (χ3v) is 3.82. The van der Waals surface area contributed by atoms with Crippen LogP contribution in [0.25, 0.3) is 0 Å². The molecule has 2 aliphatic heterocycles. The molecule has 2 saturated heterocycles. The van der Waals surface area contributed by atoms with Crippen molar-refractivity contribution < 1.29 is 9.53 Å². The van der Waals surface area contributed by atoms with Crippen molar-refractivity contribution in [1.29, 1.82) is 0 Å². The molecular weight excluding hydrogens is 216 g/mol. The summed E-state index contributed by atoms with van der Waals surface area (Å²) in [4.78, 5) is 14.3. The number of amides is 1. The van der Waals surface area contributed by atoms with Crippen LogP contribution in [-0.4, -0.2) is 41.8 Å². The maximum atomic E-state index is 12.2. The summed E-state index contributed by atoms with van der Waals surface area (Å²) >= 11 is 0. The lowest BCUT2D eigenvalue weighted by molar-refractivity contribution is -0.135. The molecule has 0 aromatic heterocycles. The van der Waals surface area contributed by atoms with Gasteiger partial charge in [-0.15, -0.1) is 0 Å². The number of nitrogens with one attached hydrogen (secondary N) is 1. The van der Waals surface area contributed by atoms with Gasteiger partial charge in [-0.05, 0) is 33.1 Å². The molecule has 0 bridgehead atoms. The molecule has 4 unspecified atom stereocenters. The molecule has 0 aliphatic carbocycles. The van der Waals surface area contributed by atoms with E-state index in [1.54, 1.807) is 0 Å². The minimum absolute atomic E-state index is 0.0234. The minimum atomic E-state index is -0.0234. The molecule has 4 heteroatoms. The van der Waals surface area contributed by atoms with E-state index in [9.17, 15) is 4.79 Å². The first-order valence-corrected chi connectivity index (χ1v) is 6.83. The Balaban J connectivity index is 2.07. The molecule has 0 aromatic carbocycles. The summed E-state index contributed by atoms with van der Waals surface area (Å²) < 4.78 is 5.57. The molecular formula is C13H24N2O2. The topological polar surface area (TPSA) is 41.6 Å². The molecule has 0 aromatic rings. The van der Waals surface area contributed by atoms with E-state index in [4.69, 9.17) is 4.74 Å². The van der Waals surface area contributed by atoms with Crippen molar-refractivity contribution in [3.8, 4) is 0 Å². The Hall–Kier alpha value is -0.610. The van der Waals surface area contributed by atoms with Crippen LogP contribution in [0, 0.1) is 0 Å². The standard InChI is InChI=1S/C13H24N2O2/c1-4-5-12-14-10(3)13(16)15(12)11-6-7-17-9(2)8-11/h9-12,14H,4-8H2,1-3H3. The fourth-order valence-electron chi connectivity index (χ4n) is 2.97. The van der Waals surface area contributed by atoms with Crippen molar-refractivity contribution in [3.05, 3.63) is 0 Å². The summed E-state index contributed by atoms with van der Waals surface area (Å²) in [5.41, 5.74) is 0. The monoisotopic (exact) mass is 240 g/mol. The molecule has 0 radical (unpaired) electrons. The number of rotatable bonds is 3. The van der Waals surface area contributed by atoms with Crippen LogP contribution in [0.2, 0.25) is 0 Å². The Kier molecular flexibility index (Phi) is 4.05. The Labute approximate surface area is 104 Å². The second-order valence-electron chi connectivity index (χ2n) is 5.30. The first-order valence-electron chi connectivity index (χ1n) is 6.83. The van der Waals surface area contributed by atoms with Gasteiger partial charge in [0.2, 0.25) is 5.91 Å². The highest BCUT2D eigenvalue weighted by atomic mass is 16.5. The van der Waals surface area contributed by atoms with Crippen molar-refractivity contribution in [2.45, 2.75) is 70.8 Å². The summed E-state index contributed by atoms with van der Waals surface area (Å²) in [5.74, 6) is 0.266. The third kappa shape index (κ3) is 2.63. The molecule has 0 spiro atoms. The van der Waals surface area contributed by atoms with Crippen LogP contribution in [0.1, 0.15) is 46.5 Å². The van der Waals surface area contributed by atoms with Crippen LogP contribution in [0.4, 0.5) is 0 Å². The van der Waals surface area contributed by atoms with Gasteiger partial charge in [0.1, 0.15) is 0 Å². The van der Waals surface area contributed by atoms with Gasteiger partial charge in [-0.25, -0.2) is 0 Å². The number of hydrogen-bond donors (Lipinski definition) is 1. The van der Waals surface area contributed by atoms with Crippen molar-refractivity contribution >= 4 is 5.91 Å². The lowest BCUT2D eigenvalue weighted by Gasteiger charge is -2.37. The Morgan fingerprint density at radius 1 is 1.47 bits per heavy atom. The molecule has 2 aliphatic rings. The van der Waals surface area contributed by atoms with Crippen molar-refractivity contribution in [2.24, 2.45) is 0 Å². The average Bonchev–Trinajstić information content (AvgIpc) is 2.55. The van der Waals surface area contributed by atoms with Gasteiger partial charge in [0.15, 0.2) is 0 Å². The highest BCUT2D eigenvalue weighted by Crippen LogP contribution is 2.26. The number of carbonyl (C=O) groups excluding carboxylic acids is 1. The summed E-state index contributed by atoms with van der Waals surface area (Å²) in [6, 6.07) is 0.338. The minimum Gasteiger partial charge on any atom is -0.378 e. The average molecular weight is 240 g/mol. The summed E-state index contributed by atoms with van der Waals surface area (Å²) in [6.07, 6.45) is 4.61. The van der Waals surface area contributed by atoms with E-state index in [-0.39, 0.29) is 24.2 Å². The zero-order valence-corrected chi connectivity index (χ0v) is 11.1.